The SMILES string of the molecule is Cc1ccc(N2C(=O)C(=Cc3cc(C)n(-c4ccc(I)c(C)c4)c3C)C(=O)N(c3ccccc3)C2=S)cc1C. The van der Waals surface area contributed by atoms with Gasteiger partial charge in [0.25, 0.3) is 11.8 Å². The molecule has 5 nitrogen and oxygen atoms in total. The summed E-state index contributed by atoms with van der Waals surface area (Å²) in [7, 11) is 0. The number of carbonyl (C=O) groups is 2. The van der Waals surface area contributed by atoms with Crippen LogP contribution in [0, 0.1) is 38.2 Å². The number of benzene rings is 3. The van der Waals surface area contributed by atoms with E-state index in [1.165, 1.54) is 18.9 Å². The van der Waals surface area contributed by atoms with E-state index in [1.807, 2.05) is 82.3 Å². The standard InChI is InChI=1S/C32H28IN3O2S/c1-19-11-12-27(15-20(19)2)36-31(38)28(30(37)35(32(36)39)25-9-7-6-8-10-25)18-24-17-22(4)34(23(24)5)26-13-14-29(33)21(3)16-26/h6-18H,1-5H3. The average Bonchev–Trinajstić information content (AvgIpc) is 3.18. The van der Waals surface area contributed by atoms with Crippen LogP contribution in [0.3, 0.4) is 0 Å². The summed E-state index contributed by atoms with van der Waals surface area (Å²) in [5, 5.41) is 0.136. The fourth-order valence-electron chi connectivity index (χ4n) is 4.88. The second-order valence-electron chi connectivity index (χ2n) is 9.82. The first kappa shape index (κ1) is 27.0. The quantitative estimate of drug-likeness (QED) is 0.101. The maximum Gasteiger partial charge on any atom is 0.270 e. The van der Waals surface area contributed by atoms with Crippen LogP contribution in [-0.4, -0.2) is 21.5 Å². The number of hydrogen-bond acceptors (Lipinski definition) is 3. The zero-order valence-electron chi connectivity index (χ0n) is 22.4. The van der Waals surface area contributed by atoms with E-state index in [-0.39, 0.29) is 10.7 Å². The molecule has 0 radical (unpaired) electrons. The molecule has 0 unspecified atom stereocenters. The fourth-order valence-corrected chi connectivity index (χ4v) is 5.59. The van der Waals surface area contributed by atoms with Gasteiger partial charge in [-0.15, -0.1) is 0 Å². The number of rotatable bonds is 4. The molecule has 1 aromatic heterocycles. The van der Waals surface area contributed by atoms with Crippen molar-refractivity contribution in [2.24, 2.45) is 0 Å². The highest BCUT2D eigenvalue weighted by molar-refractivity contribution is 14.1. The smallest absolute Gasteiger partial charge is 0.270 e. The lowest BCUT2D eigenvalue weighted by molar-refractivity contribution is -0.120. The van der Waals surface area contributed by atoms with Crippen LogP contribution >= 0.6 is 34.8 Å². The topological polar surface area (TPSA) is 45.6 Å². The molecule has 2 heterocycles. The van der Waals surface area contributed by atoms with Crippen molar-refractivity contribution in [1.29, 1.82) is 0 Å². The molecule has 0 atom stereocenters. The van der Waals surface area contributed by atoms with Crippen LogP contribution in [0.15, 0.2) is 78.4 Å². The van der Waals surface area contributed by atoms with Gasteiger partial charge in [-0.25, -0.2) is 0 Å². The number of aryl methyl sites for hydroxylation is 4. The fraction of sp³-hybridized carbons (Fsp3) is 0.156. The van der Waals surface area contributed by atoms with E-state index in [0.29, 0.717) is 11.4 Å². The minimum absolute atomic E-state index is 0.0599. The summed E-state index contributed by atoms with van der Waals surface area (Å²) in [6.45, 7) is 10.1. The van der Waals surface area contributed by atoms with Gasteiger partial charge in [-0.1, -0.05) is 24.3 Å². The lowest BCUT2D eigenvalue weighted by Gasteiger charge is -2.36. The third kappa shape index (κ3) is 4.85. The molecule has 3 aromatic carbocycles. The Morgan fingerprint density at radius 1 is 0.692 bits per heavy atom. The maximum atomic E-state index is 14.0. The van der Waals surface area contributed by atoms with Crippen LogP contribution in [0.2, 0.25) is 0 Å². The molecular weight excluding hydrogens is 617 g/mol. The molecule has 0 N–H and O–H groups in total. The molecule has 0 saturated carbocycles. The van der Waals surface area contributed by atoms with Gasteiger partial charge in [-0.05, 0) is 146 Å². The van der Waals surface area contributed by atoms with E-state index < -0.39 is 11.8 Å². The Hall–Kier alpha value is -3.56. The molecule has 39 heavy (non-hydrogen) atoms. The van der Waals surface area contributed by atoms with Gasteiger partial charge >= 0.3 is 0 Å². The average molecular weight is 646 g/mol. The van der Waals surface area contributed by atoms with Gasteiger partial charge in [0.15, 0.2) is 5.11 Å². The van der Waals surface area contributed by atoms with Crippen LogP contribution in [0.25, 0.3) is 11.8 Å². The molecule has 196 valence electrons. The molecule has 5 rings (SSSR count). The second kappa shape index (κ2) is 10.5. The van der Waals surface area contributed by atoms with Crippen LogP contribution in [-0.2, 0) is 9.59 Å². The Morgan fingerprint density at radius 2 is 1.31 bits per heavy atom. The maximum absolute atomic E-state index is 14.0. The molecule has 0 bridgehead atoms. The molecule has 1 fully saturated rings. The zero-order chi connectivity index (χ0) is 28.0. The molecule has 2 amide bonds. The molecule has 1 aliphatic rings. The number of anilines is 2. The first-order valence-corrected chi connectivity index (χ1v) is 14.1. The summed E-state index contributed by atoms with van der Waals surface area (Å²) in [5.74, 6) is -0.874. The van der Waals surface area contributed by atoms with Gasteiger partial charge < -0.3 is 4.57 Å². The number of nitrogens with zero attached hydrogens (tertiary/aromatic N) is 3. The second-order valence-corrected chi connectivity index (χ2v) is 11.3. The van der Waals surface area contributed by atoms with Crippen molar-refractivity contribution in [2.45, 2.75) is 34.6 Å². The Kier molecular flexibility index (Phi) is 7.31. The highest BCUT2D eigenvalue weighted by Gasteiger charge is 2.41. The Balaban J connectivity index is 1.66. The number of amides is 2. The minimum atomic E-state index is -0.439. The first-order valence-electron chi connectivity index (χ1n) is 12.6. The molecule has 7 heteroatoms. The summed E-state index contributed by atoms with van der Waals surface area (Å²) >= 11 is 8.10. The lowest BCUT2D eigenvalue weighted by Crippen LogP contribution is -2.57. The number of hydrogen-bond donors (Lipinski definition) is 0. The zero-order valence-corrected chi connectivity index (χ0v) is 25.4. The third-order valence-corrected chi connectivity index (χ3v) is 8.76. The Morgan fingerprint density at radius 3 is 1.95 bits per heavy atom. The summed E-state index contributed by atoms with van der Waals surface area (Å²) in [6.07, 6.45) is 1.70. The van der Waals surface area contributed by atoms with E-state index >= 15 is 0 Å². The van der Waals surface area contributed by atoms with E-state index in [0.717, 1.165) is 33.8 Å². The van der Waals surface area contributed by atoms with Crippen LogP contribution in [0.5, 0.6) is 0 Å². The number of aromatic nitrogens is 1. The summed E-state index contributed by atoms with van der Waals surface area (Å²) in [5.41, 5.74) is 8.44. The number of halogens is 1. The van der Waals surface area contributed by atoms with E-state index in [4.69, 9.17) is 12.2 Å². The highest BCUT2D eigenvalue weighted by Crippen LogP contribution is 2.32. The first-order chi connectivity index (χ1) is 18.6. The van der Waals surface area contributed by atoms with Crippen molar-refractivity contribution in [3.05, 3.63) is 116 Å². The normalized spacial score (nSPS) is 15.0. The molecule has 0 aliphatic carbocycles. The van der Waals surface area contributed by atoms with Gasteiger partial charge in [0.1, 0.15) is 5.57 Å². The van der Waals surface area contributed by atoms with Gasteiger partial charge in [0.2, 0.25) is 0 Å². The van der Waals surface area contributed by atoms with Gasteiger partial charge in [-0.3, -0.25) is 19.4 Å². The molecule has 4 aromatic rings. The van der Waals surface area contributed by atoms with E-state index in [9.17, 15) is 9.59 Å². The predicted molar refractivity (Wildman–Crippen MR) is 171 cm³/mol. The molecule has 0 spiro atoms. The highest BCUT2D eigenvalue weighted by atomic mass is 127. The monoisotopic (exact) mass is 645 g/mol. The number of carbonyl (C=O) groups excluding carboxylic acids is 2. The summed E-state index contributed by atoms with van der Waals surface area (Å²) < 4.78 is 3.34. The van der Waals surface area contributed by atoms with Gasteiger partial charge in [0.05, 0.1) is 11.4 Å². The molecule has 1 aliphatic heterocycles. The number of para-hydroxylation sites is 1. The van der Waals surface area contributed by atoms with E-state index in [2.05, 4.69) is 52.3 Å². The largest absolute Gasteiger partial charge is 0.318 e. The lowest BCUT2D eigenvalue weighted by atomic mass is 10.0. The van der Waals surface area contributed by atoms with Gasteiger partial charge in [-0.2, -0.15) is 0 Å². The van der Waals surface area contributed by atoms with Crippen LogP contribution in [0.1, 0.15) is 33.6 Å². The van der Waals surface area contributed by atoms with Crippen LogP contribution < -0.4 is 9.80 Å². The third-order valence-electron chi connectivity index (χ3n) is 7.18. The van der Waals surface area contributed by atoms with Crippen molar-refractivity contribution >= 4 is 69.2 Å². The van der Waals surface area contributed by atoms with Crippen molar-refractivity contribution in [3.8, 4) is 5.69 Å². The van der Waals surface area contributed by atoms with Crippen molar-refractivity contribution in [2.75, 3.05) is 9.80 Å². The van der Waals surface area contributed by atoms with Gasteiger partial charge in [0, 0.05) is 20.6 Å². The minimum Gasteiger partial charge on any atom is -0.318 e. The Labute approximate surface area is 247 Å². The van der Waals surface area contributed by atoms with Crippen molar-refractivity contribution < 1.29 is 9.59 Å². The predicted octanol–water partition coefficient (Wildman–Crippen LogP) is 7.37. The molecule has 1 saturated heterocycles. The summed E-state index contributed by atoms with van der Waals surface area (Å²) in [4.78, 5) is 30.8. The van der Waals surface area contributed by atoms with Crippen LogP contribution in [0.4, 0.5) is 11.4 Å². The van der Waals surface area contributed by atoms with Crippen molar-refractivity contribution in [1.82, 2.24) is 4.57 Å². The summed E-state index contributed by atoms with van der Waals surface area (Å²) in [6, 6.07) is 23.3. The van der Waals surface area contributed by atoms with Crippen molar-refractivity contribution in [3.63, 3.8) is 0 Å². The Bertz CT molecular complexity index is 1690. The number of thiocarbonyl (C=S) groups is 1. The van der Waals surface area contributed by atoms with E-state index in [1.54, 1.807) is 6.08 Å². The molecular formula is C32H28IN3O2S.